The van der Waals surface area contributed by atoms with E-state index in [1.54, 1.807) is 0 Å². The fraction of sp³-hybridized carbons (Fsp3) is 0.333. The van der Waals surface area contributed by atoms with Gasteiger partial charge in [0.2, 0.25) is 0 Å². The van der Waals surface area contributed by atoms with E-state index in [9.17, 15) is 4.39 Å². The zero-order valence-electron chi connectivity index (χ0n) is 4.74. The Hall–Kier alpha value is -0.790. The lowest BCUT2D eigenvalue weighted by Crippen LogP contribution is -2.01. The van der Waals surface area contributed by atoms with Crippen LogP contribution in [0.1, 0.15) is 13.3 Å². The van der Waals surface area contributed by atoms with Crippen molar-refractivity contribution in [3.05, 3.63) is 23.8 Å². The maximum Gasteiger partial charge on any atom is 0.106 e. The van der Waals surface area contributed by atoms with Crippen molar-refractivity contribution >= 4 is 0 Å². The van der Waals surface area contributed by atoms with Gasteiger partial charge in [0.1, 0.15) is 6.33 Å². The molecular formula is C6H8FN. The van der Waals surface area contributed by atoms with Crippen molar-refractivity contribution in [3.8, 4) is 0 Å². The van der Waals surface area contributed by atoms with Crippen molar-refractivity contribution in [2.75, 3.05) is 0 Å². The lowest BCUT2D eigenvalue weighted by atomic mass is 10.4. The third-order valence-corrected chi connectivity index (χ3v) is 1.12. The molecule has 0 amide bonds. The van der Waals surface area contributed by atoms with Gasteiger partial charge in [0, 0.05) is 17.8 Å². The number of hydrogen-bond acceptors (Lipinski definition) is 1. The zero-order valence-corrected chi connectivity index (χ0v) is 4.74. The fourth-order valence-electron chi connectivity index (χ4n) is 0.690. The van der Waals surface area contributed by atoms with Gasteiger partial charge >= 0.3 is 0 Å². The first-order chi connectivity index (χ1) is 3.83. The second kappa shape index (κ2) is 1.99. The molecule has 0 aromatic heterocycles. The molecule has 44 valence electrons. The number of allylic oxidation sites excluding steroid dienone is 2. The minimum atomic E-state index is 0.604. The summed E-state index contributed by atoms with van der Waals surface area (Å²) in [6.45, 7) is 1.91. The average molecular weight is 113 g/mol. The molecule has 1 nitrogen and oxygen atoms in total. The maximum absolute atomic E-state index is 11.6. The van der Waals surface area contributed by atoms with Crippen LogP contribution >= 0.6 is 0 Å². The van der Waals surface area contributed by atoms with Gasteiger partial charge in [-0.25, -0.2) is 4.39 Å². The first-order valence-electron chi connectivity index (χ1n) is 2.56. The van der Waals surface area contributed by atoms with Crippen LogP contribution in [0.25, 0.3) is 0 Å². The van der Waals surface area contributed by atoms with E-state index in [0.29, 0.717) is 18.4 Å². The van der Waals surface area contributed by atoms with Crippen LogP contribution < -0.4 is 5.32 Å². The molecule has 0 atom stereocenters. The van der Waals surface area contributed by atoms with Gasteiger partial charge in [-0.3, -0.25) is 0 Å². The summed E-state index contributed by atoms with van der Waals surface area (Å²) in [6.07, 6.45) is 3.26. The standard InChI is InChI=1S/C6H8FN/c1-5-2-3-6(4-7)8-5/h2,4,8H,3H2,1H3/b6-4-. The van der Waals surface area contributed by atoms with Crippen LogP contribution in [0.5, 0.6) is 0 Å². The Morgan fingerprint density at radius 3 is 2.88 bits per heavy atom. The number of halogens is 1. The van der Waals surface area contributed by atoms with Crippen LogP contribution in [0.3, 0.4) is 0 Å². The number of nitrogens with one attached hydrogen (secondary N) is 1. The summed E-state index contributed by atoms with van der Waals surface area (Å²) in [5, 5.41) is 2.85. The second-order valence-electron chi connectivity index (χ2n) is 1.85. The van der Waals surface area contributed by atoms with E-state index < -0.39 is 0 Å². The van der Waals surface area contributed by atoms with Crippen molar-refractivity contribution in [3.63, 3.8) is 0 Å². The smallest absolute Gasteiger partial charge is 0.106 e. The third kappa shape index (κ3) is 0.886. The van der Waals surface area contributed by atoms with E-state index >= 15 is 0 Å². The van der Waals surface area contributed by atoms with Crippen LogP contribution in [0, 0.1) is 0 Å². The van der Waals surface area contributed by atoms with Gasteiger partial charge in [0.25, 0.3) is 0 Å². The highest BCUT2D eigenvalue weighted by molar-refractivity contribution is 5.18. The monoisotopic (exact) mass is 113 g/mol. The van der Waals surface area contributed by atoms with Gasteiger partial charge in [-0.15, -0.1) is 0 Å². The molecule has 0 saturated carbocycles. The number of hydrogen-bond donors (Lipinski definition) is 1. The first-order valence-corrected chi connectivity index (χ1v) is 2.56. The van der Waals surface area contributed by atoms with E-state index in [1.807, 2.05) is 13.0 Å². The summed E-state index contributed by atoms with van der Waals surface area (Å²) < 4.78 is 11.6. The minimum Gasteiger partial charge on any atom is -0.361 e. The molecule has 0 fully saturated rings. The Balaban J connectivity index is 2.56. The summed E-state index contributed by atoms with van der Waals surface area (Å²) in [7, 11) is 0. The van der Waals surface area contributed by atoms with E-state index in [0.717, 1.165) is 5.70 Å². The molecular weight excluding hydrogens is 105 g/mol. The van der Waals surface area contributed by atoms with Crippen molar-refractivity contribution in [1.82, 2.24) is 5.32 Å². The number of rotatable bonds is 0. The molecule has 1 N–H and O–H groups in total. The first kappa shape index (κ1) is 5.35. The molecule has 0 spiro atoms. The molecule has 0 unspecified atom stereocenters. The maximum atomic E-state index is 11.6. The van der Waals surface area contributed by atoms with Crippen molar-refractivity contribution in [2.45, 2.75) is 13.3 Å². The summed E-state index contributed by atoms with van der Waals surface area (Å²) in [6, 6.07) is 0. The largest absolute Gasteiger partial charge is 0.361 e. The fourth-order valence-corrected chi connectivity index (χ4v) is 0.690. The highest BCUT2D eigenvalue weighted by Gasteiger charge is 2.02. The summed E-state index contributed by atoms with van der Waals surface area (Å²) in [4.78, 5) is 0. The Morgan fingerprint density at radius 2 is 2.62 bits per heavy atom. The van der Waals surface area contributed by atoms with Crippen molar-refractivity contribution < 1.29 is 4.39 Å². The van der Waals surface area contributed by atoms with E-state index in [-0.39, 0.29) is 0 Å². The van der Waals surface area contributed by atoms with E-state index in [4.69, 9.17) is 0 Å². The zero-order chi connectivity index (χ0) is 5.98. The van der Waals surface area contributed by atoms with Gasteiger partial charge in [-0.2, -0.15) is 0 Å². The molecule has 0 aromatic rings. The predicted molar refractivity (Wildman–Crippen MR) is 30.7 cm³/mol. The SMILES string of the molecule is CC1=CC/C(=C/F)N1. The molecule has 1 aliphatic heterocycles. The van der Waals surface area contributed by atoms with Crippen LogP contribution in [-0.2, 0) is 0 Å². The van der Waals surface area contributed by atoms with Crippen LogP contribution in [-0.4, -0.2) is 0 Å². The normalized spacial score (nSPS) is 23.2. The van der Waals surface area contributed by atoms with Crippen molar-refractivity contribution in [2.24, 2.45) is 0 Å². The summed E-state index contributed by atoms with van der Waals surface area (Å²) >= 11 is 0. The van der Waals surface area contributed by atoms with E-state index in [1.165, 1.54) is 0 Å². The average Bonchev–Trinajstić information content (AvgIpc) is 2.14. The van der Waals surface area contributed by atoms with Crippen LogP contribution in [0.4, 0.5) is 4.39 Å². The highest BCUT2D eigenvalue weighted by atomic mass is 19.1. The summed E-state index contributed by atoms with van der Waals surface area (Å²) in [5.41, 5.74) is 1.69. The topological polar surface area (TPSA) is 12.0 Å². The van der Waals surface area contributed by atoms with Gasteiger partial charge in [-0.05, 0) is 6.92 Å². The Kier molecular flexibility index (Phi) is 1.33. The molecule has 2 heteroatoms. The summed E-state index contributed by atoms with van der Waals surface area (Å²) in [5.74, 6) is 0. The molecule has 1 rings (SSSR count). The van der Waals surface area contributed by atoms with Crippen molar-refractivity contribution in [1.29, 1.82) is 0 Å². The Morgan fingerprint density at radius 1 is 1.88 bits per heavy atom. The quantitative estimate of drug-likeness (QED) is 0.504. The molecule has 0 aromatic carbocycles. The predicted octanol–water partition coefficient (Wildman–Crippen LogP) is 1.69. The molecule has 1 heterocycles. The van der Waals surface area contributed by atoms with Gasteiger partial charge < -0.3 is 5.32 Å². The lowest BCUT2D eigenvalue weighted by molar-refractivity contribution is 0.695. The Labute approximate surface area is 47.9 Å². The molecule has 0 aliphatic carbocycles. The Bertz CT molecular complexity index is 147. The highest BCUT2D eigenvalue weighted by Crippen LogP contribution is 2.10. The molecule has 8 heavy (non-hydrogen) atoms. The molecule has 0 saturated heterocycles. The lowest BCUT2D eigenvalue weighted by Gasteiger charge is -1.94. The van der Waals surface area contributed by atoms with E-state index in [2.05, 4.69) is 5.32 Å². The molecule has 0 bridgehead atoms. The van der Waals surface area contributed by atoms with Gasteiger partial charge in [0.15, 0.2) is 0 Å². The second-order valence-corrected chi connectivity index (χ2v) is 1.85. The van der Waals surface area contributed by atoms with Gasteiger partial charge in [-0.1, -0.05) is 6.08 Å². The molecule has 0 radical (unpaired) electrons. The van der Waals surface area contributed by atoms with Crippen LogP contribution in [0.2, 0.25) is 0 Å². The third-order valence-electron chi connectivity index (χ3n) is 1.12. The van der Waals surface area contributed by atoms with Gasteiger partial charge in [0.05, 0.1) is 0 Å². The molecule has 1 aliphatic rings. The minimum absolute atomic E-state index is 0.604. The van der Waals surface area contributed by atoms with Crippen LogP contribution in [0.15, 0.2) is 23.8 Å².